The molecule has 1 aromatic heterocycles. The van der Waals surface area contributed by atoms with Crippen molar-refractivity contribution in [2.75, 3.05) is 14.2 Å². The van der Waals surface area contributed by atoms with Crippen molar-refractivity contribution in [1.82, 2.24) is 4.98 Å². The molecule has 0 aliphatic carbocycles. The van der Waals surface area contributed by atoms with Gasteiger partial charge in [0.1, 0.15) is 5.75 Å². The van der Waals surface area contributed by atoms with E-state index in [9.17, 15) is 4.79 Å². The molecule has 0 saturated heterocycles. The third-order valence-electron chi connectivity index (χ3n) is 2.86. The summed E-state index contributed by atoms with van der Waals surface area (Å²) in [6, 6.07) is 7.85. The SMILES string of the molecule is COCc1nc(Cc2ccc(OC)cc2)sc1C(C)=O. The summed E-state index contributed by atoms with van der Waals surface area (Å²) in [7, 11) is 3.25. The van der Waals surface area contributed by atoms with Gasteiger partial charge < -0.3 is 9.47 Å². The summed E-state index contributed by atoms with van der Waals surface area (Å²) in [4.78, 5) is 16.8. The first-order chi connectivity index (χ1) is 9.63. The zero-order chi connectivity index (χ0) is 14.5. The number of hydrogen-bond acceptors (Lipinski definition) is 5. The van der Waals surface area contributed by atoms with Crippen LogP contribution in [-0.2, 0) is 17.8 Å². The zero-order valence-corrected chi connectivity index (χ0v) is 12.6. The molecule has 106 valence electrons. The minimum absolute atomic E-state index is 0.0375. The average molecular weight is 291 g/mol. The van der Waals surface area contributed by atoms with Crippen molar-refractivity contribution in [3.05, 3.63) is 45.4 Å². The largest absolute Gasteiger partial charge is 0.497 e. The minimum Gasteiger partial charge on any atom is -0.497 e. The second kappa shape index (κ2) is 6.63. The van der Waals surface area contributed by atoms with E-state index < -0.39 is 0 Å². The fourth-order valence-electron chi connectivity index (χ4n) is 1.90. The van der Waals surface area contributed by atoms with Gasteiger partial charge in [-0.05, 0) is 17.7 Å². The van der Waals surface area contributed by atoms with Crippen molar-refractivity contribution in [1.29, 1.82) is 0 Å². The van der Waals surface area contributed by atoms with Crippen LogP contribution in [0.2, 0.25) is 0 Å². The molecular formula is C15H17NO3S. The van der Waals surface area contributed by atoms with E-state index in [4.69, 9.17) is 9.47 Å². The Labute approximate surface area is 122 Å². The summed E-state index contributed by atoms with van der Waals surface area (Å²) in [6.45, 7) is 1.93. The fourth-order valence-corrected chi connectivity index (χ4v) is 2.90. The average Bonchev–Trinajstić information content (AvgIpc) is 2.83. The van der Waals surface area contributed by atoms with Gasteiger partial charge in [-0.2, -0.15) is 0 Å². The molecule has 0 saturated carbocycles. The van der Waals surface area contributed by atoms with Gasteiger partial charge in [0, 0.05) is 20.5 Å². The summed E-state index contributed by atoms with van der Waals surface area (Å²) >= 11 is 1.44. The second-order valence-electron chi connectivity index (χ2n) is 4.40. The van der Waals surface area contributed by atoms with Gasteiger partial charge in [0.05, 0.1) is 29.3 Å². The summed E-state index contributed by atoms with van der Waals surface area (Å²) in [5.74, 6) is 0.868. The Morgan fingerprint density at radius 1 is 1.25 bits per heavy atom. The van der Waals surface area contributed by atoms with Gasteiger partial charge in [-0.1, -0.05) is 12.1 Å². The number of ether oxygens (including phenoxy) is 2. The predicted molar refractivity (Wildman–Crippen MR) is 78.6 cm³/mol. The topological polar surface area (TPSA) is 48.4 Å². The molecule has 1 heterocycles. The molecule has 20 heavy (non-hydrogen) atoms. The summed E-state index contributed by atoms with van der Waals surface area (Å²) in [5, 5.41) is 0.924. The molecule has 0 atom stereocenters. The molecule has 0 radical (unpaired) electrons. The number of methoxy groups -OCH3 is 2. The third kappa shape index (κ3) is 3.43. The van der Waals surface area contributed by atoms with Gasteiger partial charge >= 0.3 is 0 Å². The molecule has 4 nitrogen and oxygen atoms in total. The molecule has 2 aromatic rings. The van der Waals surface area contributed by atoms with Crippen molar-refractivity contribution in [3.8, 4) is 5.75 Å². The third-order valence-corrected chi connectivity index (χ3v) is 4.06. The van der Waals surface area contributed by atoms with Crippen LogP contribution < -0.4 is 4.74 Å². The van der Waals surface area contributed by atoms with E-state index in [0.717, 1.165) is 22.0 Å². The fraction of sp³-hybridized carbons (Fsp3) is 0.333. The number of thiazole rings is 1. The first-order valence-corrected chi connectivity index (χ1v) is 7.07. The van der Waals surface area contributed by atoms with Crippen molar-refractivity contribution in [2.45, 2.75) is 20.0 Å². The van der Waals surface area contributed by atoms with E-state index in [1.54, 1.807) is 21.1 Å². The monoisotopic (exact) mass is 291 g/mol. The number of nitrogens with zero attached hydrogens (tertiary/aromatic N) is 1. The standard InChI is InChI=1S/C15H17NO3S/c1-10(17)15-13(9-18-2)16-14(20-15)8-11-4-6-12(19-3)7-5-11/h4-7H,8-9H2,1-3H3. The highest BCUT2D eigenvalue weighted by molar-refractivity contribution is 7.13. The van der Waals surface area contributed by atoms with Crippen molar-refractivity contribution >= 4 is 17.1 Å². The van der Waals surface area contributed by atoms with E-state index in [-0.39, 0.29) is 5.78 Å². The van der Waals surface area contributed by atoms with Crippen LogP contribution in [0.5, 0.6) is 5.75 Å². The van der Waals surface area contributed by atoms with Gasteiger partial charge in [0.15, 0.2) is 5.78 Å². The first-order valence-electron chi connectivity index (χ1n) is 6.25. The number of carbonyl (C=O) groups is 1. The molecule has 0 N–H and O–H groups in total. The first kappa shape index (κ1) is 14.7. The molecular weight excluding hydrogens is 274 g/mol. The maximum absolute atomic E-state index is 11.6. The molecule has 0 aliphatic rings. The summed E-state index contributed by atoms with van der Waals surface area (Å²) < 4.78 is 10.2. The van der Waals surface area contributed by atoms with Gasteiger partial charge in [-0.15, -0.1) is 11.3 Å². The number of hydrogen-bond donors (Lipinski definition) is 0. The van der Waals surface area contributed by atoms with Gasteiger partial charge in [-0.25, -0.2) is 4.98 Å². The maximum Gasteiger partial charge on any atom is 0.171 e. The van der Waals surface area contributed by atoms with Crippen molar-refractivity contribution in [2.24, 2.45) is 0 Å². The Balaban J connectivity index is 2.19. The number of rotatable bonds is 6. The number of ketones is 1. The second-order valence-corrected chi connectivity index (χ2v) is 5.48. The van der Waals surface area contributed by atoms with Crippen molar-refractivity contribution in [3.63, 3.8) is 0 Å². The van der Waals surface area contributed by atoms with E-state index in [1.807, 2.05) is 24.3 Å². The Bertz CT molecular complexity index is 590. The van der Waals surface area contributed by atoms with Crippen LogP contribution in [-0.4, -0.2) is 25.0 Å². The van der Waals surface area contributed by atoms with Crippen LogP contribution in [0.4, 0.5) is 0 Å². The molecule has 0 fully saturated rings. The van der Waals surface area contributed by atoms with E-state index >= 15 is 0 Å². The normalized spacial score (nSPS) is 10.6. The highest BCUT2D eigenvalue weighted by Crippen LogP contribution is 2.23. The predicted octanol–water partition coefficient (Wildman–Crippen LogP) is 3.09. The number of benzene rings is 1. The quantitative estimate of drug-likeness (QED) is 0.767. The lowest BCUT2D eigenvalue weighted by Gasteiger charge is -2.01. The zero-order valence-electron chi connectivity index (χ0n) is 11.8. The van der Waals surface area contributed by atoms with Crippen LogP contribution in [0, 0.1) is 0 Å². The van der Waals surface area contributed by atoms with Gasteiger partial charge in [-0.3, -0.25) is 4.79 Å². The Kier molecular flexibility index (Phi) is 4.87. The molecule has 0 bridgehead atoms. The molecule has 2 rings (SSSR count). The van der Waals surface area contributed by atoms with Crippen LogP contribution in [0.3, 0.4) is 0 Å². The molecule has 0 unspecified atom stereocenters. The minimum atomic E-state index is 0.0375. The van der Waals surface area contributed by atoms with Crippen LogP contribution in [0.25, 0.3) is 0 Å². The van der Waals surface area contributed by atoms with Crippen molar-refractivity contribution < 1.29 is 14.3 Å². The van der Waals surface area contributed by atoms with Crippen LogP contribution >= 0.6 is 11.3 Å². The molecule has 0 aliphatic heterocycles. The number of Topliss-reactive ketones (excluding diaryl/α,β-unsaturated/α-hetero) is 1. The highest BCUT2D eigenvalue weighted by Gasteiger charge is 2.14. The lowest BCUT2D eigenvalue weighted by molar-refractivity contribution is 0.101. The van der Waals surface area contributed by atoms with E-state index in [0.29, 0.717) is 17.9 Å². The highest BCUT2D eigenvalue weighted by atomic mass is 32.1. The number of carbonyl (C=O) groups excluding carboxylic acids is 1. The van der Waals surface area contributed by atoms with Crippen LogP contribution in [0.1, 0.15) is 32.9 Å². The van der Waals surface area contributed by atoms with Gasteiger partial charge in [0.25, 0.3) is 0 Å². The summed E-state index contributed by atoms with van der Waals surface area (Å²) in [5.41, 5.74) is 1.87. The Morgan fingerprint density at radius 3 is 2.50 bits per heavy atom. The summed E-state index contributed by atoms with van der Waals surface area (Å²) in [6.07, 6.45) is 0.707. The lowest BCUT2D eigenvalue weighted by atomic mass is 10.1. The maximum atomic E-state index is 11.6. The molecule has 0 spiro atoms. The number of aromatic nitrogens is 1. The Hall–Kier alpha value is -1.72. The van der Waals surface area contributed by atoms with E-state index in [1.165, 1.54) is 11.3 Å². The molecule has 0 amide bonds. The molecule has 5 heteroatoms. The smallest absolute Gasteiger partial charge is 0.171 e. The van der Waals surface area contributed by atoms with E-state index in [2.05, 4.69) is 4.98 Å². The van der Waals surface area contributed by atoms with Crippen LogP contribution in [0.15, 0.2) is 24.3 Å². The van der Waals surface area contributed by atoms with Gasteiger partial charge in [0.2, 0.25) is 0 Å². The lowest BCUT2D eigenvalue weighted by Crippen LogP contribution is -1.97. The molecule has 1 aromatic carbocycles. The Morgan fingerprint density at radius 2 is 1.95 bits per heavy atom.